The molecular formula is C20H35IN4O2. The molecular weight excluding hydrogens is 455 g/mol. The minimum absolute atomic E-state index is 0. The molecule has 0 radical (unpaired) electrons. The summed E-state index contributed by atoms with van der Waals surface area (Å²) in [6, 6.07) is 9.84. The van der Waals surface area contributed by atoms with E-state index in [2.05, 4.69) is 34.8 Å². The Morgan fingerprint density at radius 3 is 2.41 bits per heavy atom. The molecule has 1 atom stereocenters. The molecule has 1 aromatic rings. The van der Waals surface area contributed by atoms with E-state index in [0.29, 0.717) is 18.4 Å². The number of nitrogens with zero attached hydrogens (tertiary/aromatic N) is 1. The first-order valence-corrected chi connectivity index (χ1v) is 9.51. The lowest BCUT2D eigenvalue weighted by atomic mass is 10.0. The third-order valence-electron chi connectivity index (χ3n) is 3.90. The van der Waals surface area contributed by atoms with Crippen molar-refractivity contribution in [3.05, 3.63) is 35.9 Å². The number of hydrogen-bond acceptors (Lipinski definition) is 3. The minimum Gasteiger partial charge on any atom is -0.378 e. The van der Waals surface area contributed by atoms with Crippen molar-refractivity contribution in [1.82, 2.24) is 16.0 Å². The smallest absolute Gasteiger partial charge is 0.242 e. The van der Waals surface area contributed by atoms with Crippen molar-refractivity contribution in [3.63, 3.8) is 0 Å². The van der Waals surface area contributed by atoms with Gasteiger partial charge in [-0.05, 0) is 31.7 Å². The molecule has 0 saturated heterocycles. The fourth-order valence-electron chi connectivity index (χ4n) is 2.50. The Kier molecular flexibility index (Phi) is 14.9. The van der Waals surface area contributed by atoms with Crippen LogP contribution in [0.2, 0.25) is 0 Å². The lowest BCUT2D eigenvalue weighted by molar-refractivity contribution is -0.119. The van der Waals surface area contributed by atoms with Gasteiger partial charge < -0.3 is 20.7 Å². The Bertz CT molecular complexity index is 538. The topological polar surface area (TPSA) is 74.8 Å². The predicted octanol–water partition coefficient (Wildman–Crippen LogP) is 2.93. The Labute approximate surface area is 181 Å². The Morgan fingerprint density at radius 2 is 1.81 bits per heavy atom. The molecule has 7 heteroatoms. The van der Waals surface area contributed by atoms with Crippen LogP contribution in [0.3, 0.4) is 0 Å². The van der Waals surface area contributed by atoms with E-state index in [0.717, 1.165) is 31.7 Å². The first-order chi connectivity index (χ1) is 12.6. The number of benzene rings is 1. The molecule has 0 aliphatic heterocycles. The van der Waals surface area contributed by atoms with Gasteiger partial charge in [-0.25, -0.2) is 4.99 Å². The summed E-state index contributed by atoms with van der Waals surface area (Å²) in [5.41, 5.74) is 1.07. The highest BCUT2D eigenvalue weighted by Gasteiger charge is 2.13. The zero-order chi connectivity index (χ0) is 19.2. The Morgan fingerprint density at radius 1 is 1.11 bits per heavy atom. The summed E-state index contributed by atoms with van der Waals surface area (Å²) in [5, 5.41) is 9.32. The molecule has 1 rings (SSSR count). The van der Waals surface area contributed by atoms with E-state index >= 15 is 0 Å². The summed E-state index contributed by atoms with van der Waals surface area (Å²) in [5.74, 6) is 1.03. The molecule has 1 unspecified atom stereocenters. The molecule has 0 aliphatic rings. The van der Waals surface area contributed by atoms with E-state index in [1.165, 1.54) is 0 Å². The van der Waals surface area contributed by atoms with Crippen molar-refractivity contribution in [3.8, 4) is 0 Å². The molecule has 3 N–H and O–H groups in total. The summed E-state index contributed by atoms with van der Waals surface area (Å²) in [6.07, 6.45) is 1.13. The van der Waals surface area contributed by atoms with Gasteiger partial charge in [0, 0.05) is 26.2 Å². The quantitative estimate of drug-likeness (QED) is 0.253. The molecule has 0 aromatic heterocycles. The normalized spacial score (nSPS) is 12.3. The average Bonchev–Trinajstić information content (AvgIpc) is 2.64. The summed E-state index contributed by atoms with van der Waals surface area (Å²) in [7, 11) is 0. The van der Waals surface area contributed by atoms with Crippen molar-refractivity contribution in [1.29, 1.82) is 0 Å². The lowest BCUT2D eigenvalue weighted by Crippen LogP contribution is -2.40. The maximum atomic E-state index is 12.0. The van der Waals surface area contributed by atoms with Crippen LogP contribution in [0.25, 0.3) is 0 Å². The predicted molar refractivity (Wildman–Crippen MR) is 123 cm³/mol. The second-order valence-corrected chi connectivity index (χ2v) is 6.41. The molecule has 0 fully saturated rings. The molecule has 27 heavy (non-hydrogen) atoms. The molecule has 1 aromatic carbocycles. The number of hydrogen-bond donors (Lipinski definition) is 3. The van der Waals surface area contributed by atoms with Gasteiger partial charge in [-0.1, -0.05) is 44.2 Å². The van der Waals surface area contributed by atoms with Crippen molar-refractivity contribution in [2.75, 3.05) is 26.2 Å². The second-order valence-electron chi connectivity index (χ2n) is 6.41. The fourth-order valence-corrected chi connectivity index (χ4v) is 2.50. The molecule has 6 nitrogen and oxygen atoms in total. The summed E-state index contributed by atoms with van der Waals surface area (Å²) >= 11 is 0. The van der Waals surface area contributed by atoms with E-state index in [9.17, 15) is 4.79 Å². The number of halogens is 1. The van der Waals surface area contributed by atoms with Crippen LogP contribution in [0.15, 0.2) is 35.3 Å². The highest BCUT2D eigenvalue weighted by atomic mass is 127. The molecule has 154 valence electrons. The average molecular weight is 490 g/mol. The van der Waals surface area contributed by atoms with E-state index < -0.39 is 0 Å². The largest absolute Gasteiger partial charge is 0.378 e. The standard InChI is InChI=1S/C20H34N4O2.HI/c1-5-21-20(22-13-12-18(16(3)4)26-6-2)24-15-19(25)23-14-17-10-8-7-9-11-17;/h7-11,16,18H,5-6,12-15H2,1-4H3,(H,23,25)(H2,21,22,24);1H. The van der Waals surface area contributed by atoms with Crippen LogP contribution in [0.5, 0.6) is 0 Å². The van der Waals surface area contributed by atoms with Gasteiger partial charge in [0.15, 0.2) is 5.96 Å². The van der Waals surface area contributed by atoms with Gasteiger partial charge in [0.2, 0.25) is 5.91 Å². The zero-order valence-corrected chi connectivity index (χ0v) is 19.3. The van der Waals surface area contributed by atoms with Gasteiger partial charge in [-0.2, -0.15) is 0 Å². The van der Waals surface area contributed by atoms with Gasteiger partial charge in [-0.15, -0.1) is 24.0 Å². The maximum Gasteiger partial charge on any atom is 0.242 e. The second kappa shape index (κ2) is 15.7. The number of amides is 1. The van der Waals surface area contributed by atoms with Crippen LogP contribution >= 0.6 is 24.0 Å². The molecule has 1 amide bonds. The highest BCUT2D eigenvalue weighted by molar-refractivity contribution is 14.0. The summed E-state index contributed by atoms with van der Waals surface area (Å²) < 4.78 is 5.75. The van der Waals surface area contributed by atoms with Crippen molar-refractivity contribution >= 4 is 35.8 Å². The summed E-state index contributed by atoms with van der Waals surface area (Å²) in [4.78, 5) is 16.3. The highest BCUT2D eigenvalue weighted by Crippen LogP contribution is 2.09. The van der Waals surface area contributed by atoms with Gasteiger partial charge in [0.05, 0.1) is 6.10 Å². The number of aliphatic imine (C=N–C) groups is 1. The van der Waals surface area contributed by atoms with Crippen molar-refractivity contribution in [2.24, 2.45) is 10.9 Å². The number of nitrogens with one attached hydrogen (secondary N) is 3. The Balaban J connectivity index is 0.00000676. The van der Waals surface area contributed by atoms with Crippen LogP contribution in [0, 0.1) is 5.92 Å². The number of ether oxygens (including phenoxy) is 1. The third-order valence-corrected chi connectivity index (χ3v) is 3.90. The first-order valence-electron chi connectivity index (χ1n) is 9.51. The SMILES string of the molecule is CCNC(=NCC(=O)NCc1ccccc1)NCCC(OCC)C(C)C.I. The fraction of sp³-hybridized carbons (Fsp3) is 0.600. The van der Waals surface area contributed by atoms with Crippen LogP contribution in [-0.2, 0) is 16.1 Å². The van der Waals surface area contributed by atoms with E-state index in [-0.39, 0.29) is 42.5 Å². The zero-order valence-electron chi connectivity index (χ0n) is 17.0. The van der Waals surface area contributed by atoms with Gasteiger partial charge in [0.25, 0.3) is 0 Å². The van der Waals surface area contributed by atoms with E-state index in [1.54, 1.807) is 0 Å². The van der Waals surface area contributed by atoms with E-state index in [1.807, 2.05) is 44.2 Å². The number of guanidine groups is 1. The number of carbonyl (C=O) groups excluding carboxylic acids is 1. The summed E-state index contributed by atoms with van der Waals surface area (Å²) in [6.45, 7) is 11.2. The molecule has 0 bridgehead atoms. The molecule has 0 saturated carbocycles. The molecule has 0 aliphatic carbocycles. The van der Waals surface area contributed by atoms with Gasteiger partial charge >= 0.3 is 0 Å². The first kappa shape index (κ1) is 25.6. The lowest BCUT2D eigenvalue weighted by Gasteiger charge is -2.21. The van der Waals surface area contributed by atoms with Crippen LogP contribution < -0.4 is 16.0 Å². The third kappa shape index (κ3) is 11.9. The maximum absolute atomic E-state index is 12.0. The van der Waals surface area contributed by atoms with Crippen molar-refractivity contribution < 1.29 is 9.53 Å². The van der Waals surface area contributed by atoms with Gasteiger partial charge in [-0.3, -0.25) is 4.79 Å². The van der Waals surface area contributed by atoms with Crippen LogP contribution in [0.4, 0.5) is 0 Å². The van der Waals surface area contributed by atoms with Crippen LogP contribution in [-0.4, -0.2) is 44.2 Å². The molecule has 0 heterocycles. The number of rotatable bonds is 11. The molecule has 0 spiro atoms. The van der Waals surface area contributed by atoms with E-state index in [4.69, 9.17) is 4.74 Å². The van der Waals surface area contributed by atoms with Gasteiger partial charge in [0.1, 0.15) is 6.54 Å². The monoisotopic (exact) mass is 490 g/mol. The number of carbonyl (C=O) groups is 1. The van der Waals surface area contributed by atoms with Crippen molar-refractivity contribution in [2.45, 2.75) is 46.8 Å². The minimum atomic E-state index is -0.0968. The van der Waals surface area contributed by atoms with Crippen LogP contribution in [0.1, 0.15) is 39.7 Å². The Hall–Kier alpha value is -1.35.